The summed E-state index contributed by atoms with van der Waals surface area (Å²) in [6, 6.07) is 7.38. The summed E-state index contributed by atoms with van der Waals surface area (Å²) in [5, 5.41) is 8.88. The second-order valence-corrected chi connectivity index (χ2v) is 4.30. The number of carboxylic acids is 1. The zero-order chi connectivity index (χ0) is 13.5. The van der Waals surface area contributed by atoms with Crippen LogP contribution in [0.1, 0.15) is 30.6 Å². The van der Waals surface area contributed by atoms with E-state index in [0.717, 1.165) is 18.7 Å². The fourth-order valence-electron chi connectivity index (χ4n) is 1.81. The van der Waals surface area contributed by atoms with Gasteiger partial charge in [0.25, 0.3) is 0 Å². The van der Waals surface area contributed by atoms with Crippen LogP contribution in [0.3, 0.4) is 0 Å². The molecule has 1 rings (SSSR count). The molecule has 18 heavy (non-hydrogen) atoms. The van der Waals surface area contributed by atoms with E-state index in [9.17, 15) is 4.79 Å². The van der Waals surface area contributed by atoms with Crippen molar-refractivity contribution < 1.29 is 14.6 Å². The van der Waals surface area contributed by atoms with Crippen LogP contribution in [0.5, 0.6) is 0 Å². The van der Waals surface area contributed by atoms with Crippen molar-refractivity contribution >= 4 is 11.7 Å². The van der Waals surface area contributed by atoms with Crippen LogP contribution in [-0.2, 0) is 4.74 Å². The Labute approximate surface area is 108 Å². The average molecular weight is 251 g/mol. The van der Waals surface area contributed by atoms with Crippen LogP contribution >= 0.6 is 0 Å². The number of ether oxygens (including phenoxy) is 1. The quantitative estimate of drug-likeness (QED) is 0.809. The topological polar surface area (TPSA) is 49.8 Å². The maximum Gasteiger partial charge on any atom is 0.335 e. The van der Waals surface area contributed by atoms with Gasteiger partial charge in [0.15, 0.2) is 0 Å². The van der Waals surface area contributed by atoms with Crippen LogP contribution in [0.2, 0.25) is 0 Å². The van der Waals surface area contributed by atoms with Gasteiger partial charge in [0.2, 0.25) is 0 Å². The van der Waals surface area contributed by atoms with Gasteiger partial charge >= 0.3 is 5.97 Å². The zero-order valence-electron chi connectivity index (χ0n) is 11.2. The molecule has 0 aromatic heterocycles. The molecule has 1 N–H and O–H groups in total. The summed E-state index contributed by atoms with van der Waals surface area (Å²) in [6.07, 6.45) is 1.03. The Bertz CT molecular complexity index is 375. The first kappa shape index (κ1) is 14.5. The lowest BCUT2D eigenvalue weighted by Crippen LogP contribution is -2.35. The van der Waals surface area contributed by atoms with Crippen molar-refractivity contribution in [2.75, 3.05) is 25.2 Å². The highest BCUT2D eigenvalue weighted by Crippen LogP contribution is 2.19. The number of aromatic carboxylic acids is 1. The molecule has 1 aromatic carbocycles. The van der Waals surface area contributed by atoms with Crippen molar-refractivity contribution in [1.29, 1.82) is 0 Å². The van der Waals surface area contributed by atoms with Crippen molar-refractivity contribution in [3.63, 3.8) is 0 Å². The van der Waals surface area contributed by atoms with Crippen molar-refractivity contribution in [2.45, 2.75) is 26.3 Å². The van der Waals surface area contributed by atoms with Crippen molar-refractivity contribution in [1.82, 2.24) is 0 Å². The molecule has 0 aliphatic carbocycles. The highest BCUT2D eigenvalue weighted by molar-refractivity contribution is 5.88. The molecular formula is C14H21NO3. The maximum atomic E-state index is 10.8. The SMILES string of the molecule is CCC(C)N(CCOC)c1ccc(C(=O)O)cc1. The predicted octanol–water partition coefficient (Wildman–Crippen LogP) is 2.64. The van der Waals surface area contributed by atoms with Crippen LogP contribution in [-0.4, -0.2) is 37.4 Å². The van der Waals surface area contributed by atoms with E-state index in [-0.39, 0.29) is 0 Å². The first-order valence-corrected chi connectivity index (χ1v) is 6.19. The lowest BCUT2D eigenvalue weighted by Gasteiger charge is -2.30. The van der Waals surface area contributed by atoms with Crippen LogP contribution in [0.4, 0.5) is 5.69 Å². The Morgan fingerprint density at radius 2 is 2.00 bits per heavy atom. The summed E-state index contributed by atoms with van der Waals surface area (Å²) >= 11 is 0. The molecule has 0 amide bonds. The molecule has 0 saturated heterocycles. The molecule has 0 spiro atoms. The van der Waals surface area contributed by atoms with E-state index in [1.807, 2.05) is 12.1 Å². The number of rotatable bonds is 7. The number of anilines is 1. The van der Waals surface area contributed by atoms with Gasteiger partial charge in [-0.15, -0.1) is 0 Å². The van der Waals surface area contributed by atoms with Crippen LogP contribution in [0, 0.1) is 0 Å². The minimum absolute atomic E-state index is 0.314. The Morgan fingerprint density at radius 3 is 2.44 bits per heavy atom. The van der Waals surface area contributed by atoms with Crippen LogP contribution in [0.25, 0.3) is 0 Å². The van der Waals surface area contributed by atoms with E-state index >= 15 is 0 Å². The average Bonchev–Trinajstić information content (AvgIpc) is 2.39. The highest BCUT2D eigenvalue weighted by atomic mass is 16.5. The molecule has 1 unspecified atom stereocenters. The summed E-state index contributed by atoms with van der Waals surface area (Å²) in [6.45, 7) is 5.75. The van der Waals surface area contributed by atoms with Gasteiger partial charge in [0.1, 0.15) is 0 Å². The Morgan fingerprint density at radius 1 is 1.39 bits per heavy atom. The number of methoxy groups -OCH3 is 1. The molecule has 0 fully saturated rings. The third-order valence-corrected chi connectivity index (χ3v) is 3.11. The Balaban J connectivity index is 2.87. The number of hydrogen-bond acceptors (Lipinski definition) is 3. The van der Waals surface area contributed by atoms with E-state index in [0.29, 0.717) is 18.2 Å². The summed E-state index contributed by atoms with van der Waals surface area (Å²) in [7, 11) is 1.68. The van der Waals surface area contributed by atoms with E-state index in [1.54, 1.807) is 19.2 Å². The first-order chi connectivity index (χ1) is 8.60. The molecule has 0 aliphatic heterocycles. The fraction of sp³-hybridized carbons (Fsp3) is 0.500. The van der Waals surface area contributed by atoms with E-state index in [4.69, 9.17) is 9.84 Å². The van der Waals surface area contributed by atoms with Gasteiger partial charge in [0.05, 0.1) is 12.2 Å². The minimum Gasteiger partial charge on any atom is -0.478 e. The summed E-state index contributed by atoms with van der Waals surface area (Å²) in [5.74, 6) is -0.895. The van der Waals surface area contributed by atoms with Gasteiger partial charge in [-0.3, -0.25) is 0 Å². The Kier molecular flexibility index (Phi) is 5.65. The summed E-state index contributed by atoms with van der Waals surface area (Å²) in [5.41, 5.74) is 1.35. The molecule has 0 radical (unpaired) electrons. The maximum absolute atomic E-state index is 10.8. The lowest BCUT2D eigenvalue weighted by atomic mass is 10.1. The zero-order valence-corrected chi connectivity index (χ0v) is 11.2. The molecule has 4 heteroatoms. The normalized spacial score (nSPS) is 12.2. The van der Waals surface area contributed by atoms with Crippen LogP contribution in [0.15, 0.2) is 24.3 Å². The molecular weight excluding hydrogens is 230 g/mol. The summed E-state index contributed by atoms with van der Waals surface area (Å²) in [4.78, 5) is 13.0. The van der Waals surface area contributed by atoms with Gasteiger partial charge in [-0.05, 0) is 37.6 Å². The number of carbonyl (C=O) groups is 1. The lowest BCUT2D eigenvalue weighted by molar-refractivity contribution is 0.0697. The number of hydrogen-bond donors (Lipinski definition) is 1. The standard InChI is InChI=1S/C14H21NO3/c1-4-11(2)15(9-10-18-3)13-7-5-12(6-8-13)14(16)17/h5-8,11H,4,9-10H2,1-3H3,(H,16,17). The van der Waals surface area contributed by atoms with Gasteiger partial charge in [0, 0.05) is 25.4 Å². The van der Waals surface area contributed by atoms with Crippen LogP contribution < -0.4 is 4.90 Å². The minimum atomic E-state index is -0.895. The molecule has 0 aliphatic rings. The van der Waals surface area contributed by atoms with E-state index in [2.05, 4.69) is 18.7 Å². The number of nitrogens with zero attached hydrogens (tertiary/aromatic N) is 1. The van der Waals surface area contributed by atoms with Gasteiger partial charge in [-0.1, -0.05) is 6.92 Å². The van der Waals surface area contributed by atoms with E-state index in [1.165, 1.54) is 0 Å². The third-order valence-electron chi connectivity index (χ3n) is 3.11. The van der Waals surface area contributed by atoms with Crippen molar-refractivity contribution in [2.24, 2.45) is 0 Å². The second kappa shape index (κ2) is 7.01. The fourth-order valence-corrected chi connectivity index (χ4v) is 1.81. The number of benzene rings is 1. The summed E-state index contributed by atoms with van der Waals surface area (Å²) < 4.78 is 5.11. The molecule has 100 valence electrons. The van der Waals surface area contributed by atoms with Crippen molar-refractivity contribution in [3.05, 3.63) is 29.8 Å². The van der Waals surface area contributed by atoms with Gasteiger partial charge in [-0.25, -0.2) is 4.79 Å². The molecule has 0 saturated carbocycles. The Hall–Kier alpha value is -1.55. The van der Waals surface area contributed by atoms with Crippen molar-refractivity contribution in [3.8, 4) is 0 Å². The van der Waals surface area contributed by atoms with Gasteiger partial charge in [-0.2, -0.15) is 0 Å². The molecule has 0 heterocycles. The third kappa shape index (κ3) is 3.74. The highest BCUT2D eigenvalue weighted by Gasteiger charge is 2.13. The smallest absolute Gasteiger partial charge is 0.335 e. The molecule has 4 nitrogen and oxygen atoms in total. The molecule has 1 aromatic rings. The molecule has 0 bridgehead atoms. The van der Waals surface area contributed by atoms with E-state index < -0.39 is 5.97 Å². The predicted molar refractivity (Wildman–Crippen MR) is 72.4 cm³/mol. The van der Waals surface area contributed by atoms with Gasteiger partial charge < -0.3 is 14.7 Å². The first-order valence-electron chi connectivity index (χ1n) is 6.19. The second-order valence-electron chi connectivity index (χ2n) is 4.30. The largest absolute Gasteiger partial charge is 0.478 e. The number of carboxylic acid groups (broad SMARTS) is 1. The molecule has 1 atom stereocenters. The monoisotopic (exact) mass is 251 g/mol.